The summed E-state index contributed by atoms with van der Waals surface area (Å²) in [7, 11) is 0. The fourth-order valence-electron chi connectivity index (χ4n) is 2.36. The zero-order chi connectivity index (χ0) is 18.0. The molecular weight excluding hydrogens is 381 g/mol. The van der Waals surface area contributed by atoms with Crippen molar-refractivity contribution in [1.82, 2.24) is 0 Å². The smallest absolute Gasteiger partial charge is 0.298 e. The minimum absolute atomic E-state index is 0.310. The quantitative estimate of drug-likeness (QED) is 0.631. The molecule has 0 N–H and O–H groups in total. The first-order valence-electron chi connectivity index (χ1n) is 7.46. The zero-order valence-corrected chi connectivity index (χ0v) is 15.5. The van der Waals surface area contributed by atoms with Crippen molar-refractivity contribution in [3.05, 3.63) is 63.0 Å². The Labute approximate surface area is 159 Å². The Kier molecular flexibility index (Phi) is 5.37. The van der Waals surface area contributed by atoms with Gasteiger partial charge in [-0.3, -0.25) is 9.59 Å². The molecule has 2 aromatic carbocycles. The van der Waals surface area contributed by atoms with Gasteiger partial charge in [0.2, 0.25) is 0 Å². The molecule has 128 valence electrons. The van der Waals surface area contributed by atoms with Gasteiger partial charge in [0.15, 0.2) is 5.75 Å². The highest BCUT2D eigenvalue weighted by Gasteiger charge is 2.36. The average molecular weight is 394 g/mol. The summed E-state index contributed by atoms with van der Waals surface area (Å²) >= 11 is 13.2. The molecule has 1 fully saturated rings. The molecule has 0 spiro atoms. The van der Waals surface area contributed by atoms with Gasteiger partial charge in [-0.05, 0) is 54.6 Å². The van der Waals surface area contributed by atoms with Gasteiger partial charge in [0.1, 0.15) is 0 Å². The molecule has 0 bridgehead atoms. The van der Waals surface area contributed by atoms with E-state index in [2.05, 4.69) is 0 Å². The number of amides is 2. The van der Waals surface area contributed by atoms with Gasteiger partial charge in [0.25, 0.3) is 11.1 Å². The van der Waals surface area contributed by atoms with E-state index in [1.54, 1.807) is 42.5 Å². The number of hydrogen-bond donors (Lipinski definition) is 0. The molecule has 25 heavy (non-hydrogen) atoms. The van der Waals surface area contributed by atoms with Crippen molar-refractivity contribution in [3.8, 4) is 5.75 Å². The van der Waals surface area contributed by atoms with E-state index in [1.165, 1.54) is 0 Å². The molecule has 0 radical (unpaired) electrons. The van der Waals surface area contributed by atoms with Crippen molar-refractivity contribution in [3.63, 3.8) is 0 Å². The van der Waals surface area contributed by atoms with Gasteiger partial charge in [-0.1, -0.05) is 41.4 Å². The Bertz CT molecular complexity index is 845. The zero-order valence-electron chi connectivity index (χ0n) is 13.2. The number of thioether (sulfide) groups is 1. The maximum atomic E-state index is 12.6. The molecule has 1 heterocycles. The van der Waals surface area contributed by atoms with Gasteiger partial charge in [-0.15, -0.1) is 0 Å². The molecule has 2 aromatic rings. The minimum atomic E-state index is -0.373. The van der Waals surface area contributed by atoms with E-state index in [0.29, 0.717) is 38.6 Å². The van der Waals surface area contributed by atoms with Crippen molar-refractivity contribution in [2.24, 2.45) is 0 Å². The molecule has 0 atom stereocenters. The van der Waals surface area contributed by atoms with Crippen molar-refractivity contribution in [1.29, 1.82) is 0 Å². The number of hydrogen-bond acceptors (Lipinski definition) is 4. The maximum absolute atomic E-state index is 12.6. The maximum Gasteiger partial charge on any atom is 0.298 e. The summed E-state index contributed by atoms with van der Waals surface area (Å²) in [5.74, 6) is 0.0303. The van der Waals surface area contributed by atoms with E-state index in [1.807, 2.05) is 13.0 Å². The SMILES string of the molecule is CCOc1c(Cl)cc(/C=C2\SC(=O)N(c3ccccc3)C2=O)cc1Cl. The Morgan fingerprint density at radius 3 is 2.36 bits per heavy atom. The number of halogens is 2. The summed E-state index contributed by atoms with van der Waals surface area (Å²) in [5, 5.41) is 0.358. The van der Waals surface area contributed by atoms with Crippen LogP contribution in [0.15, 0.2) is 47.4 Å². The molecule has 2 amide bonds. The van der Waals surface area contributed by atoms with Gasteiger partial charge in [-0.2, -0.15) is 0 Å². The third kappa shape index (κ3) is 3.68. The van der Waals surface area contributed by atoms with Crippen LogP contribution in [0.25, 0.3) is 6.08 Å². The third-order valence-electron chi connectivity index (χ3n) is 3.42. The lowest BCUT2D eigenvalue weighted by atomic mass is 10.2. The van der Waals surface area contributed by atoms with Crippen LogP contribution in [0.3, 0.4) is 0 Å². The molecule has 0 aliphatic carbocycles. The van der Waals surface area contributed by atoms with E-state index in [4.69, 9.17) is 27.9 Å². The second kappa shape index (κ2) is 7.52. The molecule has 4 nitrogen and oxygen atoms in total. The van der Waals surface area contributed by atoms with Gasteiger partial charge >= 0.3 is 0 Å². The predicted octanol–water partition coefficient (Wildman–Crippen LogP) is 5.63. The molecule has 7 heteroatoms. The highest BCUT2D eigenvalue weighted by atomic mass is 35.5. The summed E-state index contributed by atoms with van der Waals surface area (Å²) in [6.45, 7) is 2.27. The number of benzene rings is 2. The second-order valence-corrected chi connectivity index (χ2v) is 6.91. The first kappa shape index (κ1) is 17.9. The van der Waals surface area contributed by atoms with Crippen LogP contribution in [0, 0.1) is 0 Å². The number of nitrogens with zero attached hydrogens (tertiary/aromatic N) is 1. The number of carbonyl (C=O) groups is 2. The van der Waals surface area contributed by atoms with Gasteiger partial charge in [-0.25, -0.2) is 4.90 Å². The number of ether oxygens (including phenoxy) is 1. The monoisotopic (exact) mass is 393 g/mol. The van der Waals surface area contributed by atoms with Crippen LogP contribution in [-0.2, 0) is 4.79 Å². The topological polar surface area (TPSA) is 46.6 Å². The lowest BCUT2D eigenvalue weighted by Gasteiger charge is -2.11. The Morgan fingerprint density at radius 2 is 1.76 bits per heavy atom. The molecule has 0 saturated carbocycles. The van der Waals surface area contributed by atoms with E-state index in [9.17, 15) is 9.59 Å². The lowest BCUT2D eigenvalue weighted by molar-refractivity contribution is -0.113. The first-order valence-corrected chi connectivity index (χ1v) is 9.03. The molecule has 0 unspecified atom stereocenters. The number of imide groups is 1. The predicted molar refractivity (Wildman–Crippen MR) is 103 cm³/mol. The molecular formula is C18H13Cl2NO3S. The largest absolute Gasteiger partial charge is 0.491 e. The summed E-state index contributed by atoms with van der Waals surface area (Å²) < 4.78 is 5.39. The van der Waals surface area contributed by atoms with Crippen LogP contribution in [0.1, 0.15) is 12.5 Å². The fraction of sp³-hybridized carbons (Fsp3) is 0.111. The number of para-hydroxylation sites is 1. The third-order valence-corrected chi connectivity index (χ3v) is 4.85. The Morgan fingerprint density at radius 1 is 1.12 bits per heavy atom. The van der Waals surface area contributed by atoms with E-state index < -0.39 is 0 Å². The van der Waals surface area contributed by atoms with E-state index in [0.717, 1.165) is 16.7 Å². The lowest BCUT2D eigenvalue weighted by Crippen LogP contribution is -2.27. The molecule has 0 aromatic heterocycles. The Balaban J connectivity index is 1.93. The highest BCUT2D eigenvalue weighted by Crippen LogP contribution is 2.38. The average Bonchev–Trinajstić information content (AvgIpc) is 2.85. The summed E-state index contributed by atoms with van der Waals surface area (Å²) in [6, 6.07) is 12.1. The minimum Gasteiger partial charge on any atom is -0.491 e. The van der Waals surface area contributed by atoms with Crippen LogP contribution in [0.2, 0.25) is 10.0 Å². The fourth-order valence-corrected chi connectivity index (χ4v) is 3.82. The van der Waals surface area contributed by atoms with Gasteiger partial charge < -0.3 is 4.74 Å². The van der Waals surface area contributed by atoms with Crippen LogP contribution >= 0.6 is 35.0 Å². The normalized spacial score (nSPS) is 16.0. The van der Waals surface area contributed by atoms with Crippen molar-refractivity contribution in [2.75, 3.05) is 11.5 Å². The molecule has 1 saturated heterocycles. The van der Waals surface area contributed by atoms with Crippen LogP contribution < -0.4 is 9.64 Å². The van der Waals surface area contributed by atoms with Crippen molar-refractivity contribution in [2.45, 2.75) is 6.92 Å². The molecule has 1 aliphatic heterocycles. The van der Waals surface area contributed by atoms with Crippen molar-refractivity contribution >= 4 is 57.9 Å². The summed E-state index contributed by atoms with van der Waals surface area (Å²) in [6.07, 6.45) is 1.60. The van der Waals surface area contributed by atoms with Crippen LogP contribution in [0.5, 0.6) is 5.75 Å². The highest BCUT2D eigenvalue weighted by molar-refractivity contribution is 8.19. The standard InChI is InChI=1S/C18H13Cl2NO3S/c1-2-24-16-13(19)8-11(9-14(16)20)10-15-17(22)21(18(23)25-15)12-6-4-3-5-7-12/h3-10H,2H2,1H3/b15-10-. The summed E-state index contributed by atoms with van der Waals surface area (Å²) in [5.41, 5.74) is 1.16. The van der Waals surface area contributed by atoms with Crippen molar-refractivity contribution < 1.29 is 14.3 Å². The number of carbonyl (C=O) groups excluding carboxylic acids is 2. The van der Waals surface area contributed by atoms with E-state index in [-0.39, 0.29) is 11.1 Å². The van der Waals surface area contributed by atoms with E-state index >= 15 is 0 Å². The Hall–Kier alpha value is -1.95. The number of rotatable bonds is 4. The number of anilines is 1. The summed E-state index contributed by atoms with van der Waals surface area (Å²) in [4.78, 5) is 26.3. The molecule has 1 aliphatic rings. The second-order valence-electron chi connectivity index (χ2n) is 5.10. The molecule has 3 rings (SSSR count). The van der Waals surface area contributed by atoms with Crippen LogP contribution in [0.4, 0.5) is 10.5 Å². The first-order chi connectivity index (χ1) is 12.0. The van der Waals surface area contributed by atoms with Gasteiger partial charge in [0, 0.05) is 0 Å². The van der Waals surface area contributed by atoms with Crippen LogP contribution in [-0.4, -0.2) is 17.8 Å². The van der Waals surface area contributed by atoms with Gasteiger partial charge in [0.05, 0.1) is 27.2 Å².